The monoisotopic (exact) mass is 399 g/mol. The zero-order valence-electron chi connectivity index (χ0n) is 15.4. The van der Waals surface area contributed by atoms with Crippen LogP contribution in [0.25, 0.3) is 0 Å². The molecule has 0 aliphatic carbocycles. The van der Waals surface area contributed by atoms with Crippen LogP contribution in [0.3, 0.4) is 0 Å². The highest BCUT2D eigenvalue weighted by Crippen LogP contribution is 2.33. The van der Waals surface area contributed by atoms with Gasteiger partial charge in [0.2, 0.25) is 0 Å². The third-order valence-electron chi connectivity index (χ3n) is 4.02. The number of nitrogen functional groups attached to an aromatic ring is 1. The molecule has 0 saturated carbocycles. The van der Waals surface area contributed by atoms with Crippen molar-refractivity contribution in [2.45, 2.75) is 26.6 Å². The molecule has 0 aliphatic heterocycles. The molecule has 2 rings (SSSR count). The Hall–Kier alpha value is -2.97. The average molecular weight is 399 g/mol. The van der Waals surface area contributed by atoms with Gasteiger partial charge in [-0.15, -0.1) is 0 Å². The molecule has 0 aromatic heterocycles. The molecule has 0 fully saturated rings. The number of nitrogens with zero attached hydrogens (tertiary/aromatic N) is 1. The number of anilines is 3. The highest BCUT2D eigenvalue weighted by atomic mass is 19.4. The fourth-order valence-corrected chi connectivity index (χ4v) is 2.65. The number of carbonyl (C=O) groups excluding carboxylic acids is 1. The van der Waals surface area contributed by atoms with Crippen molar-refractivity contribution < 1.29 is 27.1 Å². The first-order valence-corrected chi connectivity index (χ1v) is 8.60. The topological polar surface area (TPSA) is 67.6 Å². The van der Waals surface area contributed by atoms with Crippen molar-refractivity contribution in [3.05, 3.63) is 53.3 Å². The molecule has 0 heterocycles. The van der Waals surface area contributed by atoms with Gasteiger partial charge in [-0.2, -0.15) is 13.2 Å². The van der Waals surface area contributed by atoms with E-state index in [9.17, 15) is 22.4 Å². The highest BCUT2D eigenvalue weighted by molar-refractivity contribution is 5.90. The molecule has 0 atom stereocenters. The maximum Gasteiger partial charge on any atom is 0.416 e. The Balaban J connectivity index is 2.27. The summed E-state index contributed by atoms with van der Waals surface area (Å²) in [7, 11) is 0. The number of ether oxygens (including phenoxy) is 1. The molecule has 3 N–H and O–H groups in total. The van der Waals surface area contributed by atoms with E-state index in [4.69, 9.17) is 10.5 Å². The van der Waals surface area contributed by atoms with Gasteiger partial charge in [-0.05, 0) is 43.7 Å². The molecule has 9 heteroatoms. The van der Waals surface area contributed by atoms with Crippen LogP contribution in [0, 0.1) is 5.82 Å². The Labute approximate surface area is 160 Å². The number of hydrogen-bond donors (Lipinski definition) is 2. The summed E-state index contributed by atoms with van der Waals surface area (Å²) in [6.07, 6.45) is -5.22. The molecular formula is C19H21F4N3O2. The van der Waals surface area contributed by atoms with Gasteiger partial charge in [0.1, 0.15) is 0 Å². The van der Waals surface area contributed by atoms with Gasteiger partial charge < -0.3 is 15.4 Å². The summed E-state index contributed by atoms with van der Waals surface area (Å²) in [6.45, 7) is 3.90. The van der Waals surface area contributed by atoms with Gasteiger partial charge in [0.25, 0.3) is 0 Å². The second kappa shape index (κ2) is 8.81. The summed E-state index contributed by atoms with van der Waals surface area (Å²) in [5, 5.41) is 2.34. The van der Waals surface area contributed by atoms with Crippen LogP contribution in [0.2, 0.25) is 0 Å². The number of carbonyl (C=O) groups is 1. The number of hydrogen-bond acceptors (Lipinski definition) is 4. The smallest absolute Gasteiger partial charge is 0.416 e. The Morgan fingerprint density at radius 3 is 2.54 bits per heavy atom. The third kappa shape index (κ3) is 5.05. The summed E-state index contributed by atoms with van der Waals surface area (Å²) in [5.41, 5.74) is 5.27. The molecule has 152 valence electrons. The highest BCUT2D eigenvalue weighted by Gasteiger charge is 2.30. The SMILES string of the molecule is CCOC(=O)Nc1ccc(N(CC)Cc2cccc(C(F)(F)F)c2)c(F)c1N. The molecule has 5 nitrogen and oxygen atoms in total. The van der Waals surface area contributed by atoms with E-state index in [0.717, 1.165) is 12.1 Å². The van der Waals surface area contributed by atoms with E-state index < -0.39 is 23.7 Å². The van der Waals surface area contributed by atoms with Crippen LogP contribution in [-0.2, 0) is 17.5 Å². The van der Waals surface area contributed by atoms with Gasteiger partial charge in [-0.1, -0.05) is 12.1 Å². The molecular weight excluding hydrogens is 378 g/mol. The molecule has 2 aromatic rings. The third-order valence-corrected chi connectivity index (χ3v) is 4.02. The van der Waals surface area contributed by atoms with E-state index >= 15 is 0 Å². The number of alkyl halides is 3. The molecule has 0 aliphatic rings. The van der Waals surface area contributed by atoms with Gasteiger partial charge in [-0.3, -0.25) is 5.32 Å². The fourth-order valence-electron chi connectivity index (χ4n) is 2.65. The zero-order chi connectivity index (χ0) is 20.9. The summed E-state index contributed by atoms with van der Waals surface area (Å²) in [6, 6.07) is 7.68. The second-order valence-corrected chi connectivity index (χ2v) is 5.92. The van der Waals surface area contributed by atoms with Crippen LogP contribution >= 0.6 is 0 Å². The van der Waals surface area contributed by atoms with E-state index in [1.807, 2.05) is 0 Å². The maximum atomic E-state index is 14.8. The number of rotatable bonds is 6. The number of halogens is 4. The van der Waals surface area contributed by atoms with Crippen molar-refractivity contribution in [3.63, 3.8) is 0 Å². The van der Waals surface area contributed by atoms with Gasteiger partial charge in [-0.25, -0.2) is 9.18 Å². The predicted octanol–water partition coefficient (Wildman–Crippen LogP) is 5.02. The molecule has 0 radical (unpaired) electrons. The first-order chi connectivity index (χ1) is 13.2. The molecule has 0 saturated heterocycles. The average Bonchev–Trinajstić information content (AvgIpc) is 2.64. The van der Waals surface area contributed by atoms with Crippen LogP contribution in [0.4, 0.5) is 39.4 Å². The quantitative estimate of drug-likeness (QED) is 0.529. The summed E-state index contributed by atoms with van der Waals surface area (Å²) < 4.78 is 58.2. The van der Waals surface area contributed by atoms with Crippen LogP contribution < -0.4 is 16.0 Å². The number of nitrogens with one attached hydrogen (secondary N) is 1. The van der Waals surface area contributed by atoms with Crippen LogP contribution in [0.1, 0.15) is 25.0 Å². The minimum absolute atomic E-state index is 0.0508. The molecule has 28 heavy (non-hydrogen) atoms. The van der Waals surface area contributed by atoms with Crippen LogP contribution in [0.5, 0.6) is 0 Å². The minimum atomic E-state index is -4.46. The van der Waals surface area contributed by atoms with E-state index in [0.29, 0.717) is 12.1 Å². The zero-order valence-corrected chi connectivity index (χ0v) is 15.4. The maximum absolute atomic E-state index is 14.8. The standard InChI is InChI=1S/C19H21F4N3O2/c1-3-26(11-12-6-5-7-13(10-12)19(21,22)23)15-9-8-14(17(24)16(15)20)25-18(27)28-4-2/h5-10H,3-4,11,24H2,1-2H3,(H,25,27). The lowest BCUT2D eigenvalue weighted by molar-refractivity contribution is -0.137. The Kier molecular flexibility index (Phi) is 6.71. The lowest BCUT2D eigenvalue weighted by Crippen LogP contribution is -2.24. The normalized spacial score (nSPS) is 11.2. The van der Waals surface area contributed by atoms with Crippen molar-refractivity contribution in [2.75, 3.05) is 29.1 Å². The summed E-state index contributed by atoms with van der Waals surface area (Å²) in [5.74, 6) is -0.775. The van der Waals surface area contributed by atoms with Crippen molar-refractivity contribution in [1.82, 2.24) is 0 Å². The van der Waals surface area contributed by atoms with Crippen molar-refractivity contribution in [2.24, 2.45) is 0 Å². The minimum Gasteiger partial charge on any atom is -0.450 e. The van der Waals surface area contributed by atoms with Crippen molar-refractivity contribution >= 4 is 23.2 Å². The van der Waals surface area contributed by atoms with E-state index in [1.165, 1.54) is 24.3 Å². The van der Waals surface area contributed by atoms with E-state index in [1.54, 1.807) is 18.7 Å². The van der Waals surface area contributed by atoms with Gasteiger partial charge in [0.15, 0.2) is 5.82 Å². The van der Waals surface area contributed by atoms with Gasteiger partial charge >= 0.3 is 12.3 Å². The first-order valence-electron chi connectivity index (χ1n) is 8.60. The lowest BCUT2D eigenvalue weighted by atomic mass is 10.1. The Morgan fingerprint density at radius 1 is 1.21 bits per heavy atom. The number of nitrogens with two attached hydrogens (primary N) is 1. The summed E-state index contributed by atoms with van der Waals surface area (Å²) in [4.78, 5) is 13.0. The Bertz CT molecular complexity index is 840. The Morgan fingerprint density at radius 2 is 1.93 bits per heavy atom. The van der Waals surface area contributed by atoms with Crippen LogP contribution in [0.15, 0.2) is 36.4 Å². The first kappa shape index (κ1) is 21.3. The molecule has 0 spiro atoms. The number of benzene rings is 2. The van der Waals surface area contributed by atoms with Gasteiger partial charge in [0, 0.05) is 13.1 Å². The molecule has 1 amide bonds. The predicted molar refractivity (Wildman–Crippen MR) is 99.6 cm³/mol. The molecule has 0 bridgehead atoms. The largest absolute Gasteiger partial charge is 0.450 e. The second-order valence-electron chi connectivity index (χ2n) is 5.92. The van der Waals surface area contributed by atoms with Crippen molar-refractivity contribution in [1.29, 1.82) is 0 Å². The fraction of sp³-hybridized carbons (Fsp3) is 0.316. The number of amides is 1. The van der Waals surface area contributed by atoms with E-state index in [2.05, 4.69) is 5.32 Å². The molecule has 2 aromatic carbocycles. The lowest BCUT2D eigenvalue weighted by Gasteiger charge is -2.25. The van der Waals surface area contributed by atoms with Crippen molar-refractivity contribution in [3.8, 4) is 0 Å². The van der Waals surface area contributed by atoms with Gasteiger partial charge in [0.05, 0.1) is 29.2 Å². The van der Waals surface area contributed by atoms with E-state index in [-0.39, 0.29) is 30.2 Å². The van der Waals surface area contributed by atoms with Crippen LogP contribution in [-0.4, -0.2) is 19.2 Å². The molecule has 0 unspecified atom stereocenters. The summed E-state index contributed by atoms with van der Waals surface area (Å²) >= 11 is 0.